The fraction of sp³-hybridized carbons (Fsp3) is 0.458. The normalized spacial score (nSPS) is 14.1. The summed E-state index contributed by atoms with van der Waals surface area (Å²) in [5.41, 5.74) is -0.382. The molecule has 0 radical (unpaired) electrons. The van der Waals surface area contributed by atoms with Gasteiger partial charge in [0.15, 0.2) is 11.5 Å². The average Bonchev–Trinajstić information content (AvgIpc) is 3.21. The molecule has 3 rings (SSSR count). The van der Waals surface area contributed by atoms with E-state index in [1.807, 2.05) is 0 Å². The molecule has 2 amide bonds. The molecule has 1 aliphatic heterocycles. The van der Waals surface area contributed by atoms with Gasteiger partial charge in [-0.1, -0.05) is 6.07 Å². The van der Waals surface area contributed by atoms with Crippen molar-refractivity contribution in [3.8, 4) is 23.0 Å². The van der Waals surface area contributed by atoms with Crippen molar-refractivity contribution < 1.29 is 33.3 Å². The maximum absolute atomic E-state index is 12.9. The van der Waals surface area contributed by atoms with Gasteiger partial charge >= 0.3 is 5.63 Å². The van der Waals surface area contributed by atoms with E-state index >= 15 is 0 Å². The molecular formula is C24H30N2O8. The van der Waals surface area contributed by atoms with Crippen molar-refractivity contribution in [1.82, 2.24) is 10.2 Å². The van der Waals surface area contributed by atoms with Crippen LogP contribution in [0.4, 0.5) is 0 Å². The highest BCUT2D eigenvalue weighted by atomic mass is 16.5. The van der Waals surface area contributed by atoms with Crippen LogP contribution in [0.5, 0.6) is 23.0 Å². The van der Waals surface area contributed by atoms with E-state index in [2.05, 4.69) is 5.32 Å². The Morgan fingerprint density at radius 2 is 1.91 bits per heavy atom. The summed E-state index contributed by atoms with van der Waals surface area (Å²) in [6.07, 6.45) is 1.16. The van der Waals surface area contributed by atoms with Gasteiger partial charge in [0.05, 0.1) is 26.9 Å². The fourth-order valence-electron chi connectivity index (χ4n) is 4.22. The highest BCUT2D eigenvalue weighted by Gasteiger charge is 2.31. The fourth-order valence-corrected chi connectivity index (χ4v) is 4.22. The third-order valence-electron chi connectivity index (χ3n) is 5.81. The van der Waals surface area contributed by atoms with E-state index in [9.17, 15) is 19.5 Å². The average molecular weight is 475 g/mol. The number of aryl methyl sites for hydroxylation is 1. The van der Waals surface area contributed by atoms with E-state index < -0.39 is 11.5 Å². The number of hydrogen-bond acceptors (Lipinski definition) is 8. The van der Waals surface area contributed by atoms with Crippen LogP contribution in [0.1, 0.15) is 42.1 Å². The molecule has 1 aromatic heterocycles. The van der Waals surface area contributed by atoms with Crippen molar-refractivity contribution in [2.45, 2.75) is 32.1 Å². The Labute approximate surface area is 197 Å². The van der Waals surface area contributed by atoms with Crippen LogP contribution < -0.4 is 25.2 Å². The number of aromatic hydroxyl groups is 1. The highest BCUT2D eigenvalue weighted by Crippen LogP contribution is 2.45. The van der Waals surface area contributed by atoms with Crippen molar-refractivity contribution in [3.05, 3.63) is 45.5 Å². The smallest absolute Gasteiger partial charge is 0.343 e. The molecular weight excluding hydrogens is 444 g/mol. The lowest BCUT2D eigenvalue weighted by atomic mass is 9.87. The first-order valence-corrected chi connectivity index (χ1v) is 11.0. The van der Waals surface area contributed by atoms with Gasteiger partial charge in [-0.15, -0.1) is 0 Å². The van der Waals surface area contributed by atoms with Gasteiger partial charge in [-0.3, -0.25) is 9.59 Å². The van der Waals surface area contributed by atoms with Gasteiger partial charge in [0.1, 0.15) is 11.5 Å². The Kier molecular flexibility index (Phi) is 8.04. The van der Waals surface area contributed by atoms with E-state index in [4.69, 9.17) is 18.6 Å². The highest BCUT2D eigenvalue weighted by molar-refractivity contribution is 5.79. The summed E-state index contributed by atoms with van der Waals surface area (Å²) in [4.78, 5) is 39.1. The van der Waals surface area contributed by atoms with Gasteiger partial charge in [0.25, 0.3) is 0 Å². The van der Waals surface area contributed by atoms with Crippen molar-refractivity contribution in [3.63, 3.8) is 0 Å². The molecule has 1 atom stereocenters. The quantitative estimate of drug-likeness (QED) is 0.535. The van der Waals surface area contributed by atoms with Crippen LogP contribution in [0.15, 0.2) is 27.4 Å². The lowest BCUT2D eigenvalue weighted by Gasteiger charge is -2.23. The van der Waals surface area contributed by atoms with Crippen LogP contribution in [0.2, 0.25) is 0 Å². The first-order chi connectivity index (χ1) is 16.3. The Hall–Kier alpha value is -3.69. The third-order valence-corrected chi connectivity index (χ3v) is 5.81. The van der Waals surface area contributed by atoms with Crippen molar-refractivity contribution >= 4 is 11.8 Å². The number of nitrogens with one attached hydrogen (secondary N) is 1. The molecule has 1 aromatic carbocycles. The van der Waals surface area contributed by atoms with Gasteiger partial charge in [0.2, 0.25) is 17.6 Å². The molecule has 0 spiro atoms. The van der Waals surface area contributed by atoms with E-state index in [0.717, 1.165) is 6.42 Å². The number of rotatable bonds is 10. The van der Waals surface area contributed by atoms with Crippen molar-refractivity contribution in [2.75, 3.05) is 41.0 Å². The van der Waals surface area contributed by atoms with Gasteiger partial charge < -0.3 is 34.0 Å². The largest absolute Gasteiger partial charge is 0.507 e. The maximum atomic E-state index is 12.9. The molecule has 1 fully saturated rings. The number of methoxy groups -OCH3 is 3. The summed E-state index contributed by atoms with van der Waals surface area (Å²) in [7, 11) is 4.36. The second-order valence-electron chi connectivity index (χ2n) is 7.96. The third kappa shape index (κ3) is 5.27. The molecule has 2 N–H and O–H groups in total. The second-order valence-corrected chi connectivity index (χ2v) is 7.96. The van der Waals surface area contributed by atoms with Crippen LogP contribution in [-0.4, -0.2) is 62.8 Å². The molecule has 1 aliphatic rings. The molecule has 1 saturated heterocycles. The number of carbonyl (C=O) groups excluding carboxylic acids is 2. The van der Waals surface area contributed by atoms with Crippen LogP contribution >= 0.6 is 0 Å². The topological polar surface area (TPSA) is 128 Å². The molecule has 2 heterocycles. The zero-order valence-electron chi connectivity index (χ0n) is 19.8. The SMILES string of the molecule is COc1ccc([C@H](CC(=O)NCCN2CCCC2=O)c2c(O)cc(C)oc2=O)c(OC)c1OC. The minimum atomic E-state index is -0.903. The number of likely N-dealkylation sites (tertiary alicyclic amines) is 1. The maximum Gasteiger partial charge on any atom is 0.343 e. The van der Waals surface area contributed by atoms with E-state index in [1.165, 1.54) is 27.4 Å². The van der Waals surface area contributed by atoms with Crippen molar-refractivity contribution in [1.29, 1.82) is 0 Å². The monoisotopic (exact) mass is 474 g/mol. The summed E-state index contributed by atoms with van der Waals surface area (Å²) in [6.45, 7) is 2.91. The van der Waals surface area contributed by atoms with Crippen LogP contribution in [0.25, 0.3) is 0 Å². The molecule has 184 valence electrons. The lowest BCUT2D eigenvalue weighted by molar-refractivity contribution is -0.128. The van der Waals surface area contributed by atoms with Crippen LogP contribution in [0, 0.1) is 6.92 Å². The zero-order valence-corrected chi connectivity index (χ0v) is 19.8. The number of ether oxygens (including phenoxy) is 3. The Morgan fingerprint density at radius 3 is 2.50 bits per heavy atom. The van der Waals surface area contributed by atoms with Gasteiger partial charge in [0, 0.05) is 50.0 Å². The molecule has 0 saturated carbocycles. The van der Waals surface area contributed by atoms with Gasteiger partial charge in [-0.25, -0.2) is 4.79 Å². The van der Waals surface area contributed by atoms with Crippen molar-refractivity contribution in [2.24, 2.45) is 0 Å². The Balaban J connectivity index is 1.95. The molecule has 34 heavy (non-hydrogen) atoms. The number of carbonyl (C=O) groups is 2. The van der Waals surface area contributed by atoms with Gasteiger partial charge in [-0.2, -0.15) is 0 Å². The summed E-state index contributed by atoms with van der Waals surface area (Å²) in [5.74, 6) is -0.285. The number of hydrogen-bond donors (Lipinski definition) is 2. The minimum absolute atomic E-state index is 0.0685. The second kappa shape index (κ2) is 11.0. The zero-order chi connectivity index (χ0) is 24.8. The Bertz CT molecular complexity index is 1110. The summed E-state index contributed by atoms with van der Waals surface area (Å²) in [6, 6.07) is 4.61. The minimum Gasteiger partial charge on any atom is -0.507 e. The molecule has 0 aliphatic carbocycles. The van der Waals surface area contributed by atoms with Crippen LogP contribution in [0.3, 0.4) is 0 Å². The molecule has 0 unspecified atom stereocenters. The summed E-state index contributed by atoms with van der Waals surface area (Å²) < 4.78 is 21.6. The summed E-state index contributed by atoms with van der Waals surface area (Å²) >= 11 is 0. The number of nitrogens with zero attached hydrogens (tertiary/aromatic N) is 1. The van der Waals surface area contributed by atoms with E-state index in [-0.39, 0.29) is 53.4 Å². The standard InChI is InChI=1S/C24H30N2O8/c1-14-12-17(27)21(24(30)34-14)16(13-19(28)25-9-11-26-10-5-6-20(26)29)15-7-8-18(31-2)23(33-4)22(15)32-3/h7-8,12,16,27H,5-6,9-11,13H2,1-4H3,(H,25,28)/t16-/m0/s1. The first kappa shape index (κ1) is 24.9. The van der Waals surface area contributed by atoms with E-state index in [0.29, 0.717) is 30.8 Å². The van der Waals surface area contributed by atoms with E-state index in [1.54, 1.807) is 24.0 Å². The molecule has 2 aromatic rings. The van der Waals surface area contributed by atoms with Crippen LogP contribution in [-0.2, 0) is 9.59 Å². The molecule has 10 heteroatoms. The summed E-state index contributed by atoms with van der Waals surface area (Å²) in [5, 5.41) is 13.4. The number of benzene rings is 1. The Morgan fingerprint density at radius 1 is 1.18 bits per heavy atom. The van der Waals surface area contributed by atoms with Gasteiger partial charge in [-0.05, 0) is 19.4 Å². The number of amides is 2. The molecule has 0 bridgehead atoms. The predicted octanol–water partition coefficient (Wildman–Crippen LogP) is 1.94. The predicted molar refractivity (Wildman–Crippen MR) is 123 cm³/mol. The lowest BCUT2D eigenvalue weighted by Crippen LogP contribution is -2.36. The first-order valence-electron chi connectivity index (χ1n) is 11.0. The molecule has 10 nitrogen and oxygen atoms in total.